The van der Waals surface area contributed by atoms with Gasteiger partial charge in [0.05, 0.1) is 5.56 Å². The molecular weight excluding hydrogens is 246 g/mol. The molecule has 0 unspecified atom stereocenters. The predicted molar refractivity (Wildman–Crippen MR) is 71.3 cm³/mol. The Kier molecular flexibility index (Phi) is 3.71. The zero-order chi connectivity index (χ0) is 14.0. The molecule has 1 aliphatic heterocycles. The van der Waals surface area contributed by atoms with Crippen LogP contribution in [-0.4, -0.2) is 42.8 Å². The van der Waals surface area contributed by atoms with Gasteiger partial charge in [-0.25, -0.2) is 14.6 Å². The molecule has 6 heteroatoms. The summed E-state index contributed by atoms with van der Waals surface area (Å²) in [6, 6.07) is 4.79. The number of hydrazine groups is 1. The molecule has 6 nitrogen and oxygen atoms in total. The summed E-state index contributed by atoms with van der Waals surface area (Å²) < 4.78 is 0. The first-order chi connectivity index (χ1) is 9.00. The van der Waals surface area contributed by atoms with Gasteiger partial charge in [-0.2, -0.15) is 0 Å². The molecule has 2 amide bonds. The number of rotatable bonds is 2. The Morgan fingerprint density at radius 1 is 1.37 bits per heavy atom. The van der Waals surface area contributed by atoms with Crippen molar-refractivity contribution >= 4 is 17.7 Å². The molecule has 1 aromatic rings. The van der Waals surface area contributed by atoms with E-state index in [0.29, 0.717) is 18.7 Å². The highest BCUT2D eigenvalue weighted by atomic mass is 16.4. The van der Waals surface area contributed by atoms with Crippen molar-refractivity contribution in [3.05, 3.63) is 29.3 Å². The molecule has 102 valence electrons. The largest absolute Gasteiger partial charge is 0.478 e. The third-order valence-electron chi connectivity index (χ3n) is 3.05. The topological polar surface area (TPSA) is 72.9 Å². The van der Waals surface area contributed by atoms with Crippen LogP contribution in [0, 0.1) is 0 Å². The minimum absolute atomic E-state index is 0.242. The monoisotopic (exact) mass is 263 g/mol. The van der Waals surface area contributed by atoms with E-state index < -0.39 is 5.97 Å². The number of anilines is 1. The summed E-state index contributed by atoms with van der Waals surface area (Å²) in [4.78, 5) is 24.9. The Balaban J connectivity index is 2.37. The second-order valence-corrected chi connectivity index (χ2v) is 4.67. The number of nitrogens with zero attached hydrogens (tertiary/aromatic N) is 2. The Bertz CT molecular complexity index is 514. The molecular formula is C13H17N3O3. The lowest BCUT2D eigenvalue weighted by molar-refractivity contribution is 0.0695. The van der Waals surface area contributed by atoms with E-state index in [-0.39, 0.29) is 11.6 Å². The number of carboxylic acids is 1. The van der Waals surface area contributed by atoms with Crippen LogP contribution in [0.2, 0.25) is 0 Å². The number of nitrogens with one attached hydrogen (secondary N) is 1. The Labute approximate surface area is 111 Å². The second-order valence-electron chi connectivity index (χ2n) is 4.67. The first-order valence-electron chi connectivity index (χ1n) is 6.11. The van der Waals surface area contributed by atoms with E-state index in [1.807, 2.05) is 0 Å². The predicted octanol–water partition coefficient (Wildman–Crippen LogP) is 1.32. The highest BCUT2D eigenvalue weighted by Crippen LogP contribution is 2.29. The first kappa shape index (κ1) is 13.4. The Hall–Kier alpha value is -2.08. The molecule has 0 saturated carbocycles. The number of carbonyl (C=O) groups is 2. The van der Waals surface area contributed by atoms with Gasteiger partial charge in [-0.05, 0) is 30.5 Å². The standard InChI is InChI=1S/C13H17N3O3/c1-15(2)14-13(19)16-8-4-6-9-10(12(17)18)5-3-7-11(9)16/h3,5,7H,4,6,8H2,1-2H3,(H,14,19)(H,17,18). The van der Waals surface area contributed by atoms with Gasteiger partial charge in [0, 0.05) is 26.3 Å². The molecule has 2 rings (SSSR count). The zero-order valence-electron chi connectivity index (χ0n) is 11.0. The van der Waals surface area contributed by atoms with Crippen LogP contribution in [0.4, 0.5) is 10.5 Å². The van der Waals surface area contributed by atoms with Gasteiger partial charge in [-0.15, -0.1) is 0 Å². The lowest BCUT2D eigenvalue weighted by atomic mass is 9.96. The quantitative estimate of drug-likeness (QED) is 0.789. The Morgan fingerprint density at radius 2 is 2.11 bits per heavy atom. The summed E-state index contributed by atoms with van der Waals surface area (Å²) in [5.41, 5.74) is 4.37. The van der Waals surface area contributed by atoms with E-state index >= 15 is 0 Å². The van der Waals surface area contributed by atoms with Gasteiger partial charge in [0.15, 0.2) is 0 Å². The van der Waals surface area contributed by atoms with Gasteiger partial charge in [0.1, 0.15) is 0 Å². The summed E-state index contributed by atoms with van der Waals surface area (Å²) in [6.07, 6.45) is 1.45. The molecule has 1 aliphatic rings. The van der Waals surface area contributed by atoms with Crippen LogP contribution in [0.25, 0.3) is 0 Å². The number of urea groups is 1. The summed E-state index contributed by atoms with van der Waals surface area (Å²) >= 11 is 0. The van der Waals surface area contributed by atoms with Crippen LogP contribution in [0.3, 0.4) is 0 Å². The fourth-order valence-electron chi connectivity index (χ4n) is 2.29. The van der Waals surface area contributed by atoms with Gasteiger partial charge in [0.25, 0.3) is 0 Å². The lowest BCUT2D eigenvalue weighted by Crippen LogP contribution is -2.48. The van der Waals surface area contributed by atoms with Crippen molar-refractivity contribution in [2.24, 2.45) is 0 Å². The van der Waals surface area contributed by atoms with Crippen molar-refractivity contribution in [2.45, 2.75) is 12.8 Å². The SMILES string of the molecule is CN(C)NC(=O)N1CCCc2c(C(=O)O)cccc21. The van der Waals surface area contributed by atoms with Gasteiger partial charge in [-0.3, -0.25) is 10.3 Å². The van der Waals surface area contributed by atoms with Crippen LogP contribution < -0.4 is 10.3 Å². The first-order valence-corrected chi connectivity index (χ1v) is 6.11. The third kappa shape index (κ3) is 2.68. The molecule has 1 aromatic carbocycles. The van der Waals surface area contributed by atoms with Crippen LogP contribution in [0.1, 0.15) is 22.3 Å². The van der Waals surface area contributed by atoms with E-state index in [1.165, 1.54) is 0 Å². The molecule has 0 spiro atoms. The van der Waals surface area contributed by atoms with E-state index in [9.17, 15) is 14.7 Å². The number of amides is 2. The van der Waals surface area contributed by atoms with Crippen molar-refractivity contribution in [1.82, 2.24) is 10.4 Å². The number of aromatic carboxylic acids is 1. The van der Waals surface area contributed by atoms with Crippen LogP contribution in [-0.2, 0) is 6.42 Å². The maximum Gasteiger partial charge on any atom is 0.336 e. The number of hydrogen-bond donors (Lipinski definition) is 2. The molecule has 0 saturated heterocycles. The summed E-state index contributed by atoms with van der Waals surface area (Å²) in [7, 11) is 3.47. The minimum Gasteiger partial charge on any atom is -0.478 e. The van der Waals surface area contributed by atoms with E-state index in [0.717, 1.165) is 12.0 Å². The van der Waals surface area contributed by atoms with Gasteiger partial charge in [-0.1, -0.05) is 6.07 Å². The molecule has 0 aliphatic carbocycles. The zero-order valence-corrected chi connectivity index (χ0v) is 11.0. The molecule has 0 radical (unpaired) electrons. The molecule has 1 heterocycles. The fraction of sp³-hybridized carbons (Fsp3) is 0.385. The highest BCUT2D eigenvalue weighted by molar-refractivity contribution is 5.97. The third-order valence-corrected chi connectivity index (χ3v) is 3.05. The van der Waals surface area contributed by atoms with Crippen molar-refractivity contribution in [2.75, 3.05) is 25.5 Å². The Morgan fingerprint density at radius 3 is 2.74 bits per heavy atom. The number of hydrogen-bond acceptors (Lipinski definition) is 3. The molecule has 0 fully saturated rings. The fourth-order valence-corrected chi connectivity index (χ4v) is 2.29. The summed E-state index contributed by atoms with van der Waals surface area (Å²) in [5, 5.41) is 10.8. The average Bonchev–Trinajstić information content (AvgIpc) is 2.36. The van der Waals surface area contributed by atoms with Crippen LogP contribution in [0.5, 0.6) is 0 Å². The number of benzene rings is 1. The van der Waals surface area contributed by atoms with Crippen molar-refractivity contribution < 1.29 is 14.7 Å². The van der Waals surface area contributed by atoms with Crippen molar-refractivity contribution in [1.29, 1.82) is 0 Å². The normalized spacial score (nSPS) is 14.2. The van der Waals surface area contributed by atoms with E-state index in [2.05, 4.69) is 5.43 Å². The van der Waals surface area contributed by atoms with Crippen LogP contribution in [0.15, 0.2) is 18.2 Å². The second kappa shape index (κ2) is 5.27. The minimum atomic E-state index is -0.952. The molecule has 0 atom stereocenters. The molecule has 2 N–H and O–H groups in total. The number of carbonyl (C=O) groups excluding carboxylic acids is 1. The van der Waals surface area contributed by atoms with E-state index in [4.69, 9.17) is 0 Å². The van der Waals surface area contributed by atoms with Crippen LogP contribution >= 0.6 is 0 Å². The van der Waals surface area contributed by atoms with Gasteiger partial charge < -0.3 is 5.11 Å². The van der Waals surface area contributed by atoms with Crippen molar-refractivity contribution in [3.63, 3.8) is 0 Å². The highest BCUT2D eigenvalue weighted by Gasteiger charge is 2.26. The van der Waals surface area contributed by atoms with Gasteiger partial charge >= 0.3 is 12.0 Å². The smallest absolute Gasteiger partial charge is 0.336 e. The maximum absolute atomic E-state index is 12.1. The van der Waals surface area contributed by atoms with E-state index in [1.54, 1.807) is 42.2 Å². The number of fused-ring (bicyclic) bond motifs is 1. The maximum atomic E-state index is 12.1. The number of carboxylic acid groups (broad SMARTS) is 1. The molecule has 19 heavy (non-hydrogen) atoms. The molecule has 0 aromatic heterocycles. The van der Waals surface area contributed by atoms with Gasteiger partial charge in [0.2, 0.25) is 0 Å². The lowest BCUT2D eigenvalue weighted by Gasteiger charge is -2.31. The summed E-state index contributed by atoms with van der Waals surface area (Å²) in [5.74, 6) is -0.952. The van der Waals surface area contributed by atoms with Crippen molar-refractivity contribution in [3.8, 4) is 0 Å². The average molecular weight is 263 g/mol. The molecule has 0 bridgehead atoms. The summed E-state index contributed by atoms with van der Waals surface area (Å²) in [6.45, 7) is 0.593.